The lowest BCUT2D eigenvalue weighted by Crippen LogP contribution is -2.13. The molecule has 3 rings (SSSR count). The number of aromatic nitrogens is 4. The number of imidazole rings is 1. The molecule has 2 unspecified atom stereocenters. The molecule has 2 N–H and O–H groups in total. The number of nitrogens with two attached hydrogens (primary N) is 1. The van der Waals surface area contributed by atoms with Crippen LogP contribution in [0.15, 0.2) is 12.7 Å². The molecule has 1 saturated heterocycles. The van der Waals surface area contributed by atoms with Crippen molar-refractivity contribution >= 4 is 58.3 Å². The second-order valence-corrected chi connectivity index (χ2v) is 11.8. The van der Waals surface area contributed by atoms with E-state index >= 15 is 0 Å². The van der Waals surface area contributed by atoms with Crippen molar-refractivity contribution in [3.8, 4) is 0 Å². The fourth-order valence-electron chi connectivity index (χ4n) is 3.25. The molecule has 2 atom stereocenters. The lowest BCUT2D eigenvalue weighted by molar-refractivity contribution is -0.109. The first kappa shape index (κ1) is 25.1. The number of nitrogens with zero attached hydrogens (tertiary/aromatic N) is 4. The second kappa shape index (κ2) is 11.6. The van der Waals surface area contributed by atoms with Gasteiger partial charge in [-0.05, 0) is 12.3 Å². The zero-order chi connectivity index (χ0) is 23.1. The van der Waals surface area contributed by atoms with Crippen LogP contribution in [0.25, 0.3) is 11.2 Å². The lowest BCUT2D eigenvalue weighted by Gasteiger charge is -2.21. The monoisotopic (exact) mass is 503 g/mol. The Balaban J connectivity index is 1.61. The molecule has 2 aromatic rings. The maximum Gasteiger partial charge on any atom is 0.331 e. The molecule has 0 aliphatic carbocycles. The Labute approximate surface area is 194 Å². The van der Waals surface area contributed by atoms with Crippen LogP contribution in [-0.2, 0) is 27.9 Å². The number of rotatable bonds is 11. The molecule has 0 spiro atoms. The highest BCUT2D eigenvalue weighted by atomic mass is 32.2. The molecule has 0 bridgehead atoms. The molecule has 0 aromatic carbocycles. The summed E-state index contributed by atoms with van der Waals surface area (Å²) >= 11 is 2.20. The van der Waals surface area contributed by atoms with Crippen LogP contribution >= 0.6 is 31.1 Å². The van der Waals surface area contributed by atoms with E-state index in [4.69, 9.17) is 19.5 Å². The largest absolute Gasteiger partial charge is 0.382 e. The molecule has 11 nitrogen and oxygen atoms in total. The molecule has 1 aliphatic rings. The number of hydrogen-bond acceptors (Lipinski definition) is 12. The molecule has 14 heteroatoms. The summed E-state index contributed by atoms with van der Waals surface area (Å²) in [5, 5.41) is -0.0718. The molecule has 3 heterocycles. The Hall–Kier alpha value is -1.50. The van der Waals surface area contributed by atoms with Gasteiger partial charge in [0.25, 0.3) is 0 Å². The number of hydrogen-bond donors (Lipinski definition) is 1. The molecular weight excluding hydrogens is 477 g/mol. The molecule has 0 amide bonds. The summed E-state index contributed by atoms with van der Waals surface area (Å²) in [5.41, 5.74) is 6.92. The fourth-order valence-corrected chi connectivity index (χ4v) is 6.32. The number of ether oxygens (including phenoxy) is 1. The average Bonchev–Trinajstić information content (AvgIpc) is 3.36. The van der Waals surface area contributed by atoms with Crippen molar-refractivity contribution < 1.29 is 27.9 Å². The van der Waals surface area contributed by atoms with Crippen molar-refractivity contribution in [1.29, 1.82) is 0 Å². The summed E-state index contributed by atoms with van der Waals surface area (Å²) in [7, 11) is -3.45. The van der Waals surface area contributed by atoms with Gasteiger partial charge in [0.1, 0.15) is 18.1 Å². The quantitative estimate of drug-likeness (QED) is 0.355. The van der Waals surface area contributed by atoms with Crippen LogP contribution in [0, 0.1) is 5.92 Å². The molecular formula is C18H26N5O6PS2. The van der Waals surface area contributed by atoms with Crippen LogP contribution in [-0.4, -0.2) is 67.2 Å². The van der Waals surface area contributed by atoms with Crippen molar-refractivity contribution in [3.05, 3.63) is 12.7 Å². The molecule has 32 heavy (non-hydrogen) atoms. The van der Waals surface area contributed by atoms with Crippen molar-refractivity contribution in [2.75, 3.05) is 43.2 Å². The topological polar surface area (TPSA) is 149 Å². The van der Waals surface area contributed by atoms with Crippen LogP contribution < -0.4 is 5.73 Å². The van der Waals surface area contributed by atoms with E-state index in [1.807, 2.05) is 0 Å². The first-order chi connectivity index (χ1) is 15.3. The van der Waals surface area contributed by atoms with E-state index in [2.05, 4.69) is 15.0 Å². The van der Waals surface area contributed by atoms with Gasteiger partial charge in [-0.2, -0.15) is 0 Å². The minimum atomic E-state index is -3.45. The predicted octanol–water partition coefficient (Wildman–Crippen LogP) is 2.73. The number of carbonyl (C=O) groups excluding carboxylic acids is 2. The first-order valence-electron chi connectivity index (χ1n) is 9.97. The third-order valence-electron chi connectivity index (χ3n) is 4.59. The van der Waals surface area contributed by atoms with E-state index in [1.165, 1.54) is 20.2 Å². The van der Waals surface area contributed by atoms with Crippen molar-refractivity contribution in [1.82, 2.24) is 19.5 Å². The van der Waals surface area contributed by atoms with Crippen LogP contribution in [0.1, 0.15) is 26.5 Å². The summed E-state index contributed by atoms with van der Waals surface area (Å²) in [6, 6.07) is 0. The Morgan fingerprint density at radius 1 is 1.19 bits per heavy atom. The van der Waals surface area contributed by atoms with Gasteiger partial charge in [-0.1, -0.05) is 23.5 Å². The van der Waals surface area contributed by atoms with Gasteiger partial charge in [0.2, 0.25) is 0 Å². The summed E-state index contributed by atoms with van der Waals surface area (Å²) in [6.45, 7) is 3.55. The maximum absolute atomic E-state index is 13.4. The number of thioether (sulfide) groups is 2. The van der Waals surface area contributed by atoms with Crippen molar-refractivity contribution in [3.63, 3.8) is 0 Å². The highest BCUT2D eigenvalue weighted by Gasteiger charge is 2.36. The molecule has 1 fully saturated rings. The fraction of sp³-hybridized carbons (Fsp3) is 0.611. The highest BCUT2D eigenvalue weighted by molar-refractivity contribution is 8.13. The van der Waals surface area contributed by atoms with Gasteiger partial charge < -0.3 is 19.5 Å². The van der Waals surface area contributed by atoms with E-state index in [1.54, 1.807) is 10.9 Å². The third kappa shape index (κ3) is 7.00. The minimum Gasteiger partial charge on any atom is -0.382 e. The predicted molar refractivity (Wildman–Crippen MR) is 123 cm³/mol. The van der Waals surface area contributed by atoms with Gasteiger partial charge in [-0.3, -0.25) is 18.7 Å². The van der Waals surface area contributed by atoms with Crippen molar-refractivity contribution in [2.24, 2.45) is 5.92 Å². The Morgan fingerprint density at radius 3 is 2.47 bits per heavy atom. The molecule has 1 aliphatic heterocycles. The van der Waals surface area contributed by atoms with Crippen molar-refractivity contribution in [2.45, 2.75) is 26.5 Å². The zero-order valence-electron chi connectivity index (χ0n) is 17.8. The van der Waals surface area contributed by atoms with Gasteiger partial charge in [-0.15, -0.1) is 0 Å². The van der Waals surface area contributed by atoms with E-state index < -0.39 is 7.60 Å². The summed E-state index contributed by atoms with van der Waals surface area (Å²) < 4.78 is 32.3. The zero-order valence-corrected chi connectivity index (χ0v) is 20.4. The minimum absolute atomic E-state index is 0.0359. The number of fused-ring (bicyclic) bond motifs is 1. The number of nitrogen functional groups attached to an aromatic ring is 1. The molecule has 176 valence electrons. The second-order valence-electron chi connectivity index (χ2n) is 7.11. The summed E-state index contributed by atoms with van der Waals surface area (Å²) in [4.78, 5) is 34.7. The maximum atomic E-state index is 13.4. The first-order valence-corrected chi connectivity index (χ1v) is 13.7. The Kier molecular flexibility index (Phi) is 9.09. The standard InChI is InChI=1S/C18H26N5O6PS2/c1-12(24)31-5-3-28-30(26,29-4-6-32-13(2)25)9-14-7-15(27-8-14)23-11-22-16-17(19)20-10-21-18(16)23/h10-11,14-15H,3-9H2,1-2H3,(H2,19,20,21). The summed E-state index contributed by atoms with van der Waals surface area (Å²) in [5.74, 6) is 0.984. The van der Waals surface area contributed by atoms with Crippen LogP contribution in [0.2, 0.25) is 0 Å². The highest BCUT2D eigenvalue weighted by Crippen LogP contribution is 2.52. The van der Waals surface area contributed by atoms with Crippen LogP contribution in [0.3, 0.4) is 0 Å². The van der Waals surface area contributed by atoms with E-state index in [-0.39, 0.29) is 41.8 Å². The van der Waals surface area contributed by atoms with Crippen LogP contribution in [0.4, 0.5) is 5.82 Å². The normalized spacial score (nSPS) is 18.9. The van der Waals surface area contributed by atoms with E-state index in [0.717, 1.165) is 23.5 Å². The van der Waals surface area contributed by atoms with E-state index in [0.29, 0.717) is 41.5 Å². The number of carbonyl (C=O) groups is 2. The molecule has 2 aromatic heterocycles. The van der Waals surface area contributed by atoms with Gasteiger partial charge in [-0.25, -0.2) is 15.0 Å². The Bertz CT molecular complexity index is 979. The molecule has 0 radical (unpaired) electrons. The average molecular weight is 504 g/mol. The van der Waals surface area contributed by atoms with Gasteiger partial charge >= 0.3 is 7.60 Å². The van der Waals surface area contributed by atoms with Gasteiger partial charge in [0.15, 0.2) is 21.7 Å². The van der Waals surface area contributed by atoms with Gasteiger partial charge in [0.05, 0.1) is 32.3 Å². The van der Waals surface area contributed by atoms with Crippen LogP contribution in [0.5, 0.6) is 0 Å². The summed E-state index contributed by atoms with van der Waals surface area (Å²) in [6.07, 6.45) is 3.37. The SMILES string of the molecule is CC(=O)SCCOP(=O)(CC1COC(n2cnc3c(N)ncnc32)C1)OCCSC(C)=O. The Morgan fingerprint density at radius 2 is 1.84 bits per heavy atom. The van der Waals surface area contributed by atoms with Gasteiger partial charge in [0, 0.05) is 25.4 Å². The third-order valence-corrected chi connectivity index (χ3v) is 8.26. The lowest BCUT2D eigenvalue weighted by atomic mass is 10.1. The van der Waals surface area contributed by atoms with E-state index in [9.17, 15) is 14.2 Å². The number of anilines is 1. The smallest absolute Gasteiger partial charge is 0.331 e. The molecule has 0 saturated carbocycles.